The van der Waals surface area contributed by atoms with Crippen LogP contribution in [0.3, 0.4) is 0 Å². The Morgan fingerprint density at radius 3 is 2.62 bits per heavy atom. The Bertz CT molecular complexity index is 653. The van der Waals surface area contributed by atoms with Crippen LogP contribution in [-0.2, 0) is 0 Å². The van der Waals surface area contributed by atoms with Gasteiger partial charge in [-0.15, -0.1) is 0 Å². The lowest BCUT2D eigenvalue weighted by molar-refractivity contribution is 0.0932. The second kappa shape index (κ2) is 8.49. The average Bonchev–Trinajstić information content (AvgIpc) is 3.02. The number of aliphatic hydroxyl groups excluding tert-OH is 1. The summed E-state index contributed by atoms with van der Waals surface area (Å²) in [6, 6.07) is 9.57. The lowest BCUT2D eigenvalue weighted by Gasteiger charge is -2.10. The van der Waals surface area contributed by atoms with Crippen LogP contribution in [0, 0.1) is 11.8 Å². The van der Waals surface area contributed by atoms with Gasteiger partial charge in [0.2, 0.25) is 0 Å². The van der Waals surface area contributed by atoms with Crippen molar-refractivity contribution in [2.75, 3.05) is 19.8 Å². The van der Waals surface area contributed by atoms with E-state index < -0.39 is 0 Å². The second-order valence-corrected chi connectivity index (χ2v) is 6.32. The van der Waals surface area contributed by atoms with E-state index in [-0.39, 0.29) is 24.1 Å². The number of amides is 1. The molecule has 1 atom stereocenters. The van der Waals surface area contributed by atoms with E-state index in [0.717, 1.165) is 5.69 Å². The van der Waals surface area contributed by atoms with E-state index in [1.165, 1.54) is 0 Å². The van der Waals surface area contributed by atoms with Gasteiger partial charge in [0.05, 0.1) is 18.5 Å². The zero-order valence-electron chi connectivity index (χ0n) is 14.4. The molecule has 0 bridgehead atoms. The fraction of sp³-hybridized carbons (Fsp3) is 0.444. The van der Waals surface area contributed by atoms with Gasteiger partial charge in [-0.2, -0.15) is 5.10 Å². The van der Waals surface area contributed by atoms with E-state index in [1.54, 1.807) is 10.9 Å². The zero-order valence-corrected chi connectivity index (χ0v) is 14.4. The molecule has 1 aromatic heterocycles. The summed E-state index contributed by atoms with van der Waals surface area (Å²) in [7, 11) is 0. The van der Waals surface area contributed by atoms with Gasteiger partial charge in [0.1, 0.15) is 0 Å². The highest BCUT2D eigenvalue weighted by Gasteiger charge is 2.19. The maximum atomic E-state index is 12.4. The Kier molecular flexibility index (Phi) is 6.37. The number of aromatic nitrogens is 2. The molecule has 1 unspecified atom stereocenters. The first-order valence-electron chi connectivity index (χ1n) is 8.18. The quantitative estimate of drug-likeness (QED) is 0.778. The lowest BCUT2D eigenvalue weighted by Crippen LogP contribution is -2.30. The standard InChI is InChI=1S/C18H25N3O3/c1-13(2)12-24-16-10-21(15-7-5-4-6-8-15)20-17(16)18(23)19-9-14(3)11-22/h4-8,10,13-14,22H,9,11-12H2,1-3H3,(H,19,23). The molecule has 0 spiro atoms. The molecule has 130 valence electrons. The Balaban J connectivity index is 2.23. The fourth-order valence-corrected chi connectivity index (χ4v) is 2.01. The number of aliphatic hydroxyl groups is 1. The van der Waals surface area contributed by atoms with E-state index >= 15 is 0 Å². The summed E-state index contributed by atoms with van der Waals surface area (Å²) >= 11 is 0. The third-order valence-corrected chi connectivity index (χ3v) is 3.41. The molecule has 0 aliphatic heterocycles. The third kappa shape index (κ3) is 4.83. The molecule has 1 aromatic carbocycles. The van der Waals surface area contributed by atoms with Crippen molar-refractivity contribution in [1.29, 1.82) is 0 Å². The minimum absolute atomic E-state index is 0.00908. The van der Waals surface area contributed by atoms with E-state index in [4.69, 9.17) is 9.84 Å². The molecule has 0 radical (unpaired) electrons. The second-order valence-electron chi connectivity index (χ2n) is 6.32. The van der Waals surface area contributed by atoms with Crippen LogP contribution >= 0.6 is 0 Å². The summed E-state index contributed by atoms with van der Waals surface area (Å²) in [4.78, 5) is 12.4. The number of rotatable bonds is 8. The Labute approximate surface area is 142 Å². The molecule has 1 heterocycles. The number of benzene rings is 1. The summed E-state index contributed by atoms with van der Waals surface area (Å²) < 4.78 is 7.40. The molecule has 0 fully saturated rings. The average molecular weight is 331 g/mol. The molecule has 2 rings (SSSR count). The number of hydrogen-bond donors (Lipinski definition) is 2. The van der Waals surface area contributed by atoms with Crippen molar-refractivity contribution in [2.45, 2.75) is 20.8 Å². The number of nitrogens with one attached hydrogen (secondary N) is 1. The molecule has 0 saturated heterocycles. The van der Waals surface area contributed by atoms with Gasteiger partial charge >= 0.3 is 0 Å². The minimum Gasteiger partial charge on any atom is -0.489 e. The predicted molar refractivity (Wildman–Crippen MR) is 92.5 cm³/mol. The maximum Gasteiger partial charge on any atom is 0.275 e. The van der Waals surface area contributed by atoms with Gasteiger partial charge in [0.15, 0.2) is 11.4 Å². The molecular weight excluding hydrogens is 306 g/mol. The lowest BCUT2D eigenvalue weighted by atomic mass is 10.2. The number of nitrogens with zero attached hydrogens (tertiary/aromatic N) is 2. The Hall–Kier alpha value is -2.34. The molecule has 6 heteroatoms. The van der Waals surface area contributed by atoms with Gasteiger partial charge in [0.25, 0.3) is 5.91 Å². The van der Waals surface area contributed by atoms with Gasteiger partial charge < -0.3 is 15.2 Å². The molecule has 6 nitrogen and oxygen atoms in total. The maximum absolute atomic E-state index is 12.4. The van der Waals surface area contributed by atoms with Gasteiger partial charge in [-0.1, -0.05) is 39.0 Å². The SMILES string of the molecule is CC(C)COc1cn(-c2ccccc2)nc1C(=O)NCC(C)CO. The highest BCUT2D eigenvalue weighted by atomic mass is 16.5. The Morgan fingerprint density at radius 1 is 1.29 bits per heavy atom. The molecule has 0 aliphatic rings. The number of para-hydroxylation sites is 1. The van der Waals surface area contributed by atoms with Crippen molar-refractivity contribution >= 4 is 5.91 Å². The molecule has 2 N–H and O–H groups in total. The molecule has 0 aliphatic carbocycles. The van der Waals surface area contributed by atoms with E-state index in [1.807, 2.05) is 51.1 Å². The predicted octanol–water partition coefficient (Wildman–Crippen LogP) is 2.27. The fourth-order valence-electron chi connectivity index (χ4n) is 2.01. The highest BCUT2D eigenvalue weighted by molar-refractivity contribution is 5.94. The summed E-state index contributed by atoms with van der Waals surface area (Å²) in [6.45, 7) is 6.87. The molecule has 24 heavy (non-hydrogen) atoms. The van der Waals surface area contributed by atoms with E-state index in [0.29, 0.717) is 24.8 Å². The first kappa shape index (κ1) is 18.0. The van der Waals surface area contributed by atoms with Crippen LogP contribution in [0.25, 0.3) is 5.69 Å². The monoisotopic (exact) mass is 331 g/mol. The molecular formula is C18H25N3O3. The number of ether oxygens (including phenoxy) is 1. The van der Waals surface area contributed by atoms with E-state index in [2.05, 4.69) is 10.4 Å². The zero-order chi connectivity index (χ0) is 17.5. The first-order chi connectivity index (χ1) is 11.5. The molecule has 0 saturated carbocycles. The van der Waals surface area contributed by atoms with Crippen LogP contribution in [-0.4, -0.2) is 40.6 Å². The normalized spacial score (nSPS) is 12.2. The Morgan fingerprint density at radius 2 is 2.00 bits per heavy atom. The van der Waals surface area contributed by atoms with Gasteiger partial charge in [0, 0.05) is 13.2 Å². The van der Waals surface area contributed by atoms with Gasteiger partial charge in [-0.25, -0.2) is 4.68 Å². The smallest absolute Gasteiger partial charge is 0.275 e. The van der Waals surface area contributed by atoms with Crippen molar-refractivity contribution < 1.29 is 14.6 Å². The number of carbonyl (C=O) groups is 1. The first-order valence-corrected chi connectivity index (χ1v) is 8.18. The number of hydrogen-bond acceptors (Lipinski definition) is 4. The largest absolute Gasteiger partial charge is 0.489 e. The van der Waals surface area contributed by atoms with Crippen molar-refractivity contribution in [1.82, 2.24) is 15.1 Å². The third-order valence-electron chi connectivity index (χ3n) is 3.41. The van der Waals surface area contributed by atoms with Crippen molar-refractivity contribution in [3.63, 3.8) is 0 Å². The van der Waals surface area contributed by atoms with E-state index in [9.17, 15) is 4.79 Å². The van der Waals surface area contributed by atoms with Crippen molar-refractivity contribution in [3.8, 4) is 11.4 Å². The number of carbonyl (C=O) groups excluding carboxylic acids is 1. The van der Waals surface area contributed by atoms with Crippen LogP contribution in [0.4, 0.5) is 0 Å². The van der Waals surface area contributed by atoms with Crippen molar-refractivity contribution in [3.05, 3.63) is 42.2 Å². The van der Waals surface area contributed by atoms with Crippen LogP contribution in [0.2, 0.25) is 0 Å². The van der Waals surface area contributed by atoms with Crippen LogP contribution in [0.5, 0.6) is 5.75 Å². The van der Waals surface area contributed by atoms with Gasteiger partial charge in [-0.05, 0) is 24.0 Å². The topological polar surface area (TPSA) is 76.4 Å². The van der Waals surface area contributed by atoms with Gasteiger partial charge in [-0.3, -0.25) is 4.79 Å². The summed E-state index contributed by atoms with van der Waals surface area (Å²) in [6.07, 6.45) is 1.72. The van der Waals surface area contributed by atoms with Crippen molar-refractivity contribution in [2.24, 2.45) is 11.8 Å². The molecule has 1 amide bonds. The summed E-state index contributed by atoms with van der Waals surface area (Å²) in [5.41, 5.74) is 1.11. The summed E-state index contributed by atoms with van der Waals surface area (Å²) in [5, 5.41) is 16.2. The van der Waals surface area contributed by atoms with Crippen LogP contribution < -0.4 is 10.1 Å². The summed E-state index contributed by atoms with van der Waals surface area (Å²) in [5.74, 6) is 0.492. The minimum atomic E-state index is -0.302. The van der Waals surface area contributed by atoms with Crippen LogP contribution in [0.15, 0.2) is 36.5 Å². The highest BCUT2D eigenvalue weighted by Crippen LogP contribution is 2.20. The van der Waals surface area contributed by atoms with Crippen LogP contribution in [0.1, 0.15) is 31.3 Å². The molecule has 2 aromatic rings.